The highest BCUT2D eigenvalue weighted by Gasteiger charge is 2.19. The Labute approximate surface area is 142 Å². The summed E-state index contributed by atoms with van der Waals surface area (Å²) in [4.78, 5) is 0. The van der Waals surface area contributed by atoms with Crippen molar-refractivity contribution >= 4 is 10.8 Å². The summed E-state index contributed by atoms with van der Waals surface area (Å²) in [6.45, 7) is 5.86. The summed E-state index contributed by atoms with van der Waals surface area (Å²) < 4.78 is 6.00. The molecule has 0 radical (unpaired) electrons. The van der Waals surface area contributed by atoms with Gasteiger partial charge in [-0.2, -0.15) is 0 Å². The van der Waals surface area contributed by atoms with Gasteiger partial charge in [0.05, 0.1) is 12.1 Å². The van der Waals surface area contributed by atoms with Gasteiger partial charge in [-0.3, -0.25) is 0 Å². The van der Waals surface area contributed by atoms with Gasteiger partial charge in [-0.15, -0.1) is 0 Å². The van der Waals surface area contributed by atoms with Crippen molar-refractivity contribution in [3.63, 3.8) is 0 Å². The fraction of sp³-hybridized carbons (Fsp3) is 0.238. The largest absolute Gasteiger partial charge is 0.457 e. The maximum atomic E-state index is 9.43. The summed E-state index contributed by atoms with van der Waals surface area (Å²) in [5.74, 6) is 1.65. The van der Waals surface area contributed by atoms with Crippen molar-refractivity contribution in [1.29, 1.82) is 0 Å². The average molecular weight is 321 g/mol. The molecule has 0 aliphatic carbocycles. The SMILES string of the molecule is Cc1cc(C)cc(Oc2ccc3cc([C@@](C)(N)CO)ccc3c2)c1. The summed E-state index contributed by atoms with van der Waals surface area (Å²) in [7, 11) is 0. The van der Waals surface area contributed by atoms with Crippen molar-refractivity contribution < 1.29 is 9.84 Å². The fourth-order valence-electron chi connectivity index (χ4n) is 2.86. The third-order valence-electron chi connectivity index (χ3n) is 4.23. The lowest BCUT2D eigenvalue weighted by Crippen LogP contribution is -2.36. The molecule has 24 heavy (non-hydrogen) atoms. The zero-order chi connectivity index (χ0) is 17.3. The maximum Gasteiger partial charge on any atom is 0.128 e. The molecule has 0 heterocycles. The number of aryl methyl sites for hydroxylation is 2. The number of benzene rings is 3. The van der Waals surface area contributed by atoms with Crippen molar-refractivity contribution in [3.8, 4) is 11.5 Å². The third-order valence-corrected chi connectivity index (χ3v) is 4.23. The minimum absolute atomic E-state index is 0.0909. The predicted octanol–water partition coefficient (Wildman–Crippen LogP) is 4.42. The number of fused-ring (bicyclic) bond motifs is 1. The Morgan fingerprint density at radius 3 is 2.17 bits per heavy atom. The minimum atomic E-state index is -0.734. The van der Waals surface area contributed by atoms with Crippen LogP contribution in [0.4, 0.5) is 0 Å². The molecule has 0 saturated heterocycles. The molecule has 0 amide bonds. The van der Waals surface area contributed by atoms with E-state index in [2.05, 4.69) is 19.9 Å². The molecule has 3 aromatic rings. The number of ether oxygens (including phenoxy) is 1. The van der Waals surface area contributed by atoms with Gasteiger partial charge in [0, 0.05) is 0 Å². The van der Waals surface area contributed by atoms with E-state index in [1.54, 1.807) is 0 Å². The number of aliphatic hydroxyl groups is 1. The second-order valence-electron chi connectivity index (χ2n) is 6.72. The third kappa shape index (κ3) is 3.42. The Morgan fingerprint density at radius 1 is 0.875 bits per heavy atom. The van der Waals surface area contributed by atoms with Crippen LogP contribution in [0.25, 0.3) is 10.8 Å². The number of hydrogen-bond acceptors (Lipinski definition) is 3. The van der Waals surface area contributed by atoms with Crippen LogP contribution >= 0.6 is 0 Å². The lowest BCUT2D eigenvalue weighted by Gasteiger charge is -2.22. The topological polar surface area (TPSA) is 55.5 Å². The molecule has 0 aromatic heterocycles. The molecular weight excluding hydrogens is 298 g/mol. The van der Waals surface area contributed by atoms with Gasteiger partial charge in [-0.25, -0.2) is 0 Å². The average Bonchev–Trinajstić information content (AvgIpc) is 2.53. The first-order valence-corrected chi connectivity index (χ1v) is 8.07. The van der Waals surface area contributed by atoms with Crippen LogP contribution in [0.1, 0.15) is 23.6 Å². The molecule has 3 heteroatoms. The number of nitrogens with two attached hydrogens (primary N) is 1. The maximum absolute atomic E-state index is 9.43. The molecule has 0 unspecified atom stereocenters. The van der Waals surface area contributed by atoms with Gasteiger partial charge in [0.25, 0.3) is 0 Å². The normalized spacial score (nSPS) is 13.7. The zero-order valence-electron chi connectivity index (χ0n) is 14.3. The second-order valence-corrected chi connectivity index (χ2v) is 6.72. The predicted molar refractivity (Wildman–Crippen MR) is 98.6 cm³/mol. The summed E-state index contributed by atoms with van der Waals surface area (Å²) in [5, 5.41) is 11.6. The lowest BCUT2D eigenvalue weighted by molar-refractivity contribution is 0.210. The van der Waals surface area contributed by atoms with E-state index >= 15 is 0 Å². The first-order valence-electron chi connectivity index (χ1n) is 8.07. The standard InChI is InChI=1S/C21H23NO2/c1-14-8-15(2)10-20(9-14)24-19-7-5-16-11-18(21(3,22)13-23)6-4-17(16)12-19/h4-12,23H,13,22H2,1-3H3/t21-/m0/s1. The summed E-state index contributed by atoms with van der Waals surface area (Å²) in [6.07, 6.45) is 0. The highest BCUT2D eigenvalue weighted by molar-refractivity contribution is 5.84. The van der Waals surface area contributed by atoms with E-state index in [4.69, 9.17) is 10.5 Å². The van der Waals surface area contributed by atoms with Crippen LogP contribution in [0.3, 0.4) is 0 Å². The minimum Gasteiger partial charge on any atom is -0.457 e. The molecular formula is C21H23NO2. The Kier molecular flexibility index (Phi) is 4.31. The van der Waals surface area contributed by atoms with E-state index in [0.29, 0.717) is 0 Å². The monoisotopic (exact) mass is 321 g/mol. The van der Waals surface area contributed by atoms with Gasteiger partial charge in [0.2, 0.25) is 0 Å². The second kappa shape index (κ2) is 6.27. The Hall–Kier alpha value is -2.36. The van der Waals surface area contributed by atoms with Gasteiger partial charge < -0.3 is 15.6 Å². The van der Waals surface area contributed by atoms with Crippen molar-refractivity contribution in [2.45, 2.75) is 26.3 Å². The highest BCUT2D eigenvalue weighted by atomic mass is 16.5. The number of rotatable bonds is 4. The first-order chi connectivity index (χ1) is 11.4. The molecule has 3 nitrogen and oxygen atoms in total. The van der Waals surface area contributed by atoms with E-state index in [-0.39, 0.29) is 6.61 Å². The van der Waals surface area contributed by atoms with Gasteiger partial charge in [0.15, 0.2) is 0 Å². The van der Waals surface area contributed by atoms with Gasteiger partial charge in [0.1, 0.15) is 11.5 Å². The van der Waals surface area contributed by atoms with Crippen LogP contribution in [0.5, 0.6) is 11.5 Å². The van der Waals surface area contributed by atoms with Crippen LogP contribution < -0.4 is 10.5 Å². The summed E-state index contributed by atoms with van der Waals surface area (Å²) >= 11 is 0. The number of hydrogen-bond donors (Lipinski definition) is 2. The van der Waals surface area contributed by atoms with E-state index in [9.17, 15) is 5.11 Å². The zero-order valence-corrected chi connectivity index (χ0v) is 14.3. The van der Waals surface area contributed by atoms with Crippen LogP contribution in [0.2, 0.25) is 0 Å². The Balaban J connectivity index is 1.93. The van der Waals surface area contributed by atoms with Crippen molar-refractivity contribution in [3.05, 3.63) is 71.3 Å². The quantitative estimate of drug-likeness (QED) is 0.748. The van der Waals surface area contributed by atoms with E-state index in [0.717, 1.165) is 27.8 Å². The van der Waals surface area contributed by atoms with E-state index in [1.165, 1.54) is 11.1 Å². The van der Waals surface area contributed by atoms with Crippen LogP contribution in [0.15, 0.2) is 54.6 Å². The molecule has 3 rings (SSSR count). The molecule has 0 fully saturated rings. The van der Waals surface area contributed by atoms with Crippen molar-refractivity contribution in [2.24, 2.45) is 5.73 Å². The smallest absolute Gasteiger partial charge is 0.128 e. The summed E-state index contributed by atoms with van der Waals surface area (Å²) in [5.41, 5.74) is 8.66. The number of aliphatic hydroxyl groups excluding tert-OH is 1. The molecule has 0 aliphatic heterocycles. The van der Waals surface area contributed by atoms with Crippen LogP contribution in [-0.2, 0) is 5.54 Å². The summed E-state index contributed by atoms with van der Waals surface area (Å²) in [6, 6.07) is 18.2. The van der Waals surface area contributed by atoms with Gasteiger partial charge >= 0.3 is 0 Å². The molecule has 124 valence electrons. The van der Waals surface area contributed by atoms with E-state index in [1.807, 2.05) is 55.5 Å². The molecule has 0 saturated carbocycles. The van der Waals surface area contributed by atoms with Crippen LogP contribution in [-0.4, -0.2) is 11.7 Å². The fourth-order valence-corrected chi connectivity index (χ4v) is 2.86. The molecule has 3 aromatic carbocycles. The van der Waals surface area contributed by atoms with Crippen LogP contribution in [0, 0.1) is 13.8 Å². The lowest BCUT2D eigenvalue weighted by atomic mass is 9.92. The van der Waals surface area contributed by atoms with Crippen molar-refractivity contribution in [1.82, 2.24) is 0 Å². The molecule has 0 spiro atoms. The Morgan fingerprint density at radius 2 is 1.50 bits per heavy atom. The first kappa shape index (κ1) is 16.5. The molecule has 0 aliphatic rings. The molecule has 1 atom stereocenters. The van der Waals surface area contributed by atoms with E-state index < -0.39 is 5.54 Å². The molecule has 3 N–H and O–H groups in total. The molecule has 0 bridgehead atoms. The highest BCUT2D eigenvalue weighted by Crippen LogP contribution is 2.29. The van der Waals surface area contributed by atoms with Gasteiger partial charge in [-0.1, -0.05) is 24.3 Å². The Bertz CT molecular complexity index is 864. The van der Waals surface area contributed by atoms with Gasteiger partial charge in [-0.05, 0) is 78.6 Å². The van der Waals surface area contributed by atoms with Crippen molar-refractivity contribution in [2.75, 3.05) is 6.61 Å².